The zero-order chi connectivity index (χ0) is 43.5. The van der Waals surface area contributed by atoms with Gasteiger partial charge in [-0.3, -0.25) is 14.4 Å². The van der Waals surface area contributed by atoms with E-state index in [1.165, 1.54) is 16.2 Å². The van der Waals surface area contributed by atoms with Crippen LogP contribution in [-0.4, -0.2) is 19.4 Å². The highest BCUT2D eigenvalue weighted by atomic mass is 32.4. The zero-order valence-electron chi connectivity index (χ0n) is 34.9. The number of fused-ring (bicyclic) bond motifs is 10. The molecular weight excluding hydrogens is 851 g/mol. The lowest BCUT2D eigenvalue weighted by Crippen LogP contribution is -2.26. The molecule has 12 aromatic rings. The molecule has 0 unspecified atom stereocenters. The average Bonchev–Trinajstić information content (AvgIpc) is 3.78. The number of rotatable bonds is 8. The lowest BCUT2D eigenvalue weighted by molar-refractivity contribution is 0.592. The maximum atomic E-state index is 15.1. The first-order valence-electron chi connectivity index (χ1n) is 21.5. The Morgan fingerprint density at radius 2 is 1.02 bits per heavy atom. The molecule has 0 saturated carbocycles. The number of imidazole rings is 1. The molecule has 0 aliphatic rings. The van der Waals surface area contributed by atoms with Crippen LogP contribution in [0.2, 0.25) is 0 Å². The van der Waals surface area contributed by atoms with Crippen molar-refractivity contribution in [2.45, 2.75) is 0 Å². The predicted octanol–water partition coefficient (Wildman–Crippen LogP) is 11.5. The molecule has 0 radical (unpaired) electrons. The number of hydrogen-bond donors (Lipinski definition) is 0. The summed E-state index contributed by atoms with van der Waals surface area (Å²) in [5.74, 6) is 0. The summed E-state index contributed by atoms with van der Waals surface area (Å²) in [7, 11) is -3.17. The smallest absolute Gasteiger partial charge is 0.172 e. The molecule has 0 N–H and O–H groups in total. The second-order valence-electron chi connectivity index (χ2n) is 16.3. The molecule has 0 aliphatic carbocycles. The Morgan fingerprint density at radius 1 is 0.431 bits per heavy atom. The maximum Gasteiger partial charge on any atom is 0.172 e. The monoisotopic (exact) mass is 888 g/mol. The predicted molar refractivity (Wildman–Crippen MR) is 277 cm³/mol. The van der Waals surface area contributed by atoms with Crippen LogP contribution in [0, 0.1) is 0 Å². The van der Waals surface area contributed by atoms with Crippen molar-refractivity contribution < 1.29 is 4.57 Å². The van der Waals surface area contributed by atoms with Gasteiger partial charge in [0.05, 0.1) is 33.7 Å². The minimum absolute atomic E-state index is 0.690. The zero-order valence-corrected chi connectivity index (χ0v) is 37.5. The van der Waals surface area contributed by atoms with Gasteiger partial charge in [-0.05, 0) is 69.4 Å². The summed E-state index contributed by atoms with van der Waals surface area (Å²) in [6.07, 6.45) is 3.76. The Hall–Kier alpha value is -7.33. The Balaban J connectivity index is 1.02. The van der Waals surface area contributed by atoms with Crippen molar-refractivity contribution in [3.63, 3.8) is 0 Å². The number of aromatic nitrogens is 4. The number of pyridine rings is 3. The molecule has 8 aromatic carbocycles. The minimum atomic E-state index is -3.17. The molecule has 0 amide bonds. The van der Waals surface area contributed by atoms with Crippen LogP contribution in [0.3, 0.4) is 0 Å². The molecule has 65 heavy (non-hydrogen) atoms. The Kier molecular flexibility index (Phi) is 9.50. The van der Waals surface area contributed by atoms with E-state index in [1.54, 1.807) is 6.20 Å². The topological polar surface area (TPSA) is 60.2 Å². The van der Waals surface area contributed by atoms with Crippen LogP contribution in [0.15, 0.2) is 231 Å². The Bertz CT molecular complexity index is 3780. The van der Waals surface area contributed by atoms with Crippen LogP contribution >= 0.6 is 13.2 Å². The highest BCUT2D eigenvalue weighted by molar-refractivity contribution is 8.25. The quantitative estimate of drug-likeness (QED) is 0.112. The Labute approximate surface area is 381 Å². The fourth-order valence-electron chi connectivity index (χ4n) is 9.41. The van der Waals surface area contributed by atoms with Crippen LogP contribution in [0.5, 0.6) is 0 Å². The third-order valence-corrected chi connectivity index (χ3v) is 20.5. The molecule has 0 atom stereocenters. The first-order chi connectivity index (χ1) is 32.0. The fraction of sp³-hybridized carbons (Fsp3) is 0. The third kappa shape index (κ3) is 6.40. The van der Waals surface area contributed by atoms with E-state index in [-0.39, 0.29) is 0 Å². The first-order valence-corrected chi connectivity index (χ1v) is 26.1. The van der Waals surface area contributed by atoms with Gasteiger partial charge in [-0.2, -0.15) is 0 Å². The second kappa shape index (κ2) is 15.7. The van der Waals surface area contributed by atoms with E-state index in [0.29, 0.717) is 5.30 Å². The van der Waals surface area contributed by atoms with Gasteiger partial charge in [-0.1, -0.05) is 188 Å². The number of benzene rings is 8. The molecule has 4 heterocycles. The van der Waals surface area contributed by atoms with E-state index in [0.717, 1.165) is 82.0 Å². The minimum Gasteiger partial charge on any atom is -0.309 e. The highest BCUT2D eigenvalue weighted by Gasteiger charge is 2.30. The van der Waals surface area contributed by atoms with Gasteiger partial charge < -0.3 is 4.57 Å². The van der Waals surface area contributed by atoms with Crippen LogP contribution in [0.25, 0.3) is 71.5 Å². The highest BCUT2D eigenvalue weighted by Crippen LogP contribution is 2.44. The molecule has 8 heteroatoms. The molecular formula is C57H38N4OP2S. The molecule has 0 bridgehead atoms. The molecule has 0 saturated heterocycles. The fourth-order valence-corrected chi connectivity index (χ4v) is 15.6. The van der Waals surface area contributed by atoms with E-state index in [9.17, 15) is 0 Å². The lowest BCUT2D eigenvalue weighted by atomic mass is 9.97. The summed E-state index contributed by atoms with van der Waals surface area (Å²) in [6, 6.07) is 72.1. The van der Waals surface area contributed by atoms with E-state index < -0.39 is 13.2 Å². The molecule has 5 nitrogen and oxygen atoms in total. The average molecular weight is 889 g/mol. The standard InChI is InChI=1S/C57H38N4OP2S/c62-63(43-16-5-1-6-17-43,44-18-7-2-8-19-44)47-29-33-51(58-38-47)41-27-32-52-54(36-41)61-53-35-40(26-30-49(53)56-48-24-14-13-15-39(48)25-31-50(56)57(61)60-52)42-28-34-55(59-37-42)64(65,45-20-9-3-10-21-45)46-22-11-4-12-23-46/h1-38H. The third-order valence-electron chi connectivity index (χ3n) is 12.6. The largest absolute Gasteiger partial charge is 0.309 e. The molecule has 0 fully saturated rings. The van der Waals surface area contributed by atoms with Crippen LogP contribution < -0.4 is 32.0 Å². The molecule has 12 rings (SSSR count). The van der Waals surface area contributed by atoms with Gasteiger partial charge in [-0.15, -0.1) is 0 Å². The molecule has 4 aromatic heterocycles. The van der Waals surface area contributed by atoms with Crippen molar-refractivity contribution in [3.8, 4) is 22.4 Å². The van der Waals surface area contributed by atoms with E-state index in [1.807, 2.05) is 91.1 Å². The van der Waals surface area contributed by atoms with Gasteiger partial charge in [0.2, 0.25) is 0 Å². The summed E-state index contributed by atoms with van der Waals surface area (Å²) in [5, 5.41) is 10.2. The molecule has 0 aliphatic heterocycles. The summed E-state index contributed by atoms with van der Waals surface area (Å²) in [6.45, 7) is 0. The van der Waals surface area contributed by atoms with Crippen molar-refractivity contribution in [2.24, 2.45) is 0 Å². The van der Waals surface area contributed by atoms with Gasteiger partial charge in [0, 0.05) is 55.6 Å². The maximum absolute atomic E-state index is 15.1. The van der Waals surface area contributed by atoms with Crippen molar-refractivity contribution >= 4 is 106 Å². The SMILES string of the molecule is O=P(c1ccccc1)(c1ccccc1)c1ccc(-c2ccc3nc4c5ccc6ccccc6c5c5ccc(-c6ccc(P(=S)(c7ccccc7)c7ccccc7)nc6)cc5n4c3c2)nc1. The van der Waals surface area contributed by atoms with E-state index in [2.05, 4.69) is 138 Å². The van der Waals surface area contributed by atoms with Crippen molar-refractivity contribution in [2.75, 3.05) is 0 Å². The van der Waals surface area contributed by atoms with Gasteiger partial charge in [-0.25, -0.2) is 4.98 Å². The van der Waals surface area contributed by atoms with Crippen molar-refractivity contribution in [1.29, 1.82) is 0 Å². The van der Waals surface area contributed by atoms with Gasteiger partial charge in [0.1, 0.15) is 5.65 Å². The lowest BCUT2D eigenvalue weighted by Gasteiger charge is -2.23. The van der Waals surface area contributed by atoms with E-state index >= 15 is 4.57 Å². The van der Waals surface area contributed by atoms with Gasteiger partial charge >= 0.3 is 0 Å². The van der Waals surface area contributed by atoms with Crippen molar-refractivity contribution in [1.82, 2.24) is 19.4 Å². The normalized spacial score (nSPS) is 12.1. The van der Waals surface area contributed by atoms with Gasteiger partial charge in [0.15, 0.2) is 7.14 Å². The van der Waals surface area contributed by atoms with Crippen LogP contribution in [0.1, 0.15) is 0 Å². The first kappa shape index (κ1) is 39.3. The van der Waals surface area contributed by atoms with Gasteiger partial charge in [0.25, 0.3) is 0 Å². The summed E-state index contributed by atoms with van der Waals surface area (Å²) >= 11 is 6.63. The molecule has 308 valence electrons. The van der Waals surface area contributed by atoms with Crippen molar-refractivity contribution in [3.05, 3.63) is 231 Å². The van der Waals surface area contributed by atoms with Crippen LogP contribution in [0.4, 0.5) is 0 Å². The number of hydrogen-bond acceptors (Lipinski definition) is 5. The summed E-state index contributed by atoms with van der Waals surface area (Å²) < 4.78 is 17.4. The Morgan fingerprint density at radius 3 is 1.65 bits per heavy atom. The second-order valence-corrected chi connectivity index (χ2v) is 23.4. The van der Waals surface area contributed by atoms with Crippen LogP contribution in [-0.2, 0) is 16.4 Å². The van der Waals surface area contributed by atoms with E-state index in [4.69, 9.17) is 26.8 Å². The summed E-state index contributed by atoms with van der Waals surface area (Å²) in [5.41, 5.74) is 8.46. The summed E-state index contributed by atoms with van der Waals surface area (Å²) in [4.78, 5) is 15.5. The molecule has 0 spiro atoms. The number of nitrogens with zero attached hydrogens (tertiary/aromatic N) is 4.